The van der Waals surface area contributed by atoms with E-state index < -0.39 is 0 Å². The topological polar surface area (TPSA) is 56.4 Å². The fraction of sp³-hybridized carbons (Fsp3) is 0.368. The largest absolute Gasteiger partial charge is 0.355 e. The number of hydrogen-bond donors (Lipinski definition) is 1. The van der Waals surface area contributed by atoms with Crippen LogP contribution in [0.25, 0.3) is 16.5 Å². The molecule has 0 atom stereocenters. The predicted molar refractivity (Wildman–Crippen MR) is 95.9 cm³/mol. The lowest BCUT2D eigenvalue weighted by molar-refractivity contribution is -0.128. The zero-order valence-corrected chi connectivity index (χ0v) is 14.6. The number of H-pyrrole nitrogens is 1. The number of nitrogens with one attached hydrogen (secondary N) is 1. The van der Waals surface area contributed by atoms with Crippen molar-refractivity contribution in [2.75, 3.05) is 27.2 Å². The minimum atomic E-state index is 0.00221. The van der Waals surface area contributed by atoms with E-state index in [4.69, 9.17) is 0 Å². The summed E-state index contributed by atoms with van der Waals surface area (Å²) in [5, 5.41) is 1.02. The number of hydrogen-bond acceptors (Lipinski definition) is 2. The summed E-state index contributed by atoms with van der Waals surface area (Å²) in [7, 11) is 3.52. The van der Waals surface area contributed by atoms with Crippen LogP contribution < -0.4 is 0 Å². The number of nitrogens with zero attached hydrogens (tertiary/aromatic N) is 2. The summed E-state index contributed by atoms with van der Waals surface area (Å²) in [5.41, 5.74) is 4.93. The van der Waals surface area contributed by atoms with Gasteiger partial charge in [-0.15, -0.1) is 0 Å². The molecule has 0 aliphatic carbocycles. The van der Waals surface area contributed by atoms with Crippen LogP contribution in [-0.4, -0.2) is 53.8 Å². The average Bonchev–Trinajstić information content (AvgIpc) is 2.98. The lowest BCUT2D eigenvalue weighted by atomic mass is 10.0. The lowest BCUT2D eigenvalue weighted by Crippen LogP contribution is -2.33. The Bertz CT molecular complexity index is 846. The van der Waals surface area contributed by atoms with Gasteiger partial charge < -0.3 is 14.8 Å². The molecule has 1 N–H and O–H groups in total. The minimum absolute atomic E-state index is 0.00221. The van der Waals surface area contributed by atoms with Crippen molar-refractivity contribution in [3.63, 3.8) is 0 Å². The van der Waals surface area contributed by atoms with Gasteiger partial charge >= 0.3 is 0 Å². The molecule has 1 aromatic heterocycles. The molecule has 3 rings (SSSR count). The highest BCUT2D eigenvalue weighted by Crippen LogP contribution is 2.27. The number of fused-ring (bicyclic) bond motifs is 1. The van der Waals surface area contributed by atoms with Crippen molar-refractivity contribution >= 4 is 28.3 Å². The van der Waals surface area contributed by atoms with Crippen LogP contribution in [0.2, 0.25) is 0 Å². The summed E-state index contributed by atoms with van der Waals surface area (Å²) in [6, 6.07) is 5.92. The quantitative estimate of drug-likeness (QED) is 0.923. The van der Waals surface area contributed by atoms with Gasteiger partial charge in [-0.1, -0.05) is 6.08 Å². The second-order valence-corrected chi connectivity index (χ2v) is 6.60. The van der Waals surface area contributed by atoms with Crippen molar-refractivity contribution in [3.05, 3.63) is 41.1 Å². The number of carbonyl (C=O) groups excluding carboxylic acids is 2. The SMILES string of the molecule is CC(=O)N1CCC=C(c2cc3cc(C(=O)N(C)C)cc(C)c3[nH]2)C1. The predicted octanol–water partition coefficient (Wildman–Crippen LogP) is 2.81. The maximum atomic E-state index is 12.2. The first-order chi connectivity index (χ1) is 11.4. The van der Waals surface area contributed by atoms with Crippen molar-refractivity contribution in [2.24, 2.45) is 0 Å². The molecule has 0 bridgehead atoms. The second kappa shape index (κ2) is 6.15. The Morgan fingerprint density at radius 2 is 1.96 bits per heavy atom. The number of carbonyl (C=O) groups is 2. The molecular formula is C19H23N3O2. The summed E-state index contributed by atoms with van der Waals surface area (Å²) < 4.78 is 0. The number of aromatic nitrogens is 1. The molecule has 0 spiro atoms. The third-order valence-electron chi connectivity index (χ3n) is 4.52. The summed E-state index contributed by atoms with van der Waals surface area (Å²) in [6.07, 6.45) is 3.05. The molecule has 2 amide bonds. The first-order valence-electron chi connectivity index (χ1n) is 8.16. The zero-order chi connectivity index (χ0) is 17.4. The lowest BCUT2D eigenvalue weighted by Gasteiger charge is -2.25. The van der Waals surface area contributed by atoms with E-state index in [0.29, 0.717) is 12.1 Å². The Hall–Kier alpha value is -2.56. The molecule has 0 saturated heterocycles. The van der Waals surface area contributed by atoms with Crippen LogP contribution in [0, 0.1) is 6.92 Å². The summed E-state index contributed by atoms with van der Waals surface area (Å²) >= 11 is 0. The Kier molecular flexibility index (Phi) is 4.18. The van der Waals surface area contributed by atoms with Crippen molar-refractivity contribution in [2.45, 2.75) is 20.3 Å². The molecule has 1 aliphatic rings. The average molecular weight is 325 g/mol. The van der Waals surface area contributed by atoms with E-state index in [2.05, 4.69) is 17.1 Å². The van der Waals surface area contributed by atoms with E-state index in [1.165, 1.54) is 0 Å². The highest BCUT2D eigenvalue weighted by molar-refractivity contribution is 5.99. The van der Waals surface area contributed by atoms with Crippen molar-refractivity contribution in [1.29, 1.82) is 0 Å². The van der Waals surface area contributed by atoms with Crippen LogP contribution in [0.4, 0.5) is 0 Å². The zero-order valence-electron chi connectivity index (χ0n) is 14.6. The van der Waals surface area contributed by atoms with Gasteiger partial charge in [-0.2, -0.15) is 0 Å². The fourth-order valence-corrected chi connectivity index (χ4v) is 3.19. The van der Waals surface area contributed by atoms with Gasteiger partial charge in [0.05, 0.1) is 0 Å². The fourth-order valence-electron chi connectivity index (χ4n) is 3.19. The number of aryl methyl sites for hydroxylation is 1. The Labute approximate surface area is 141 Å². The van der Waals surface area contributed by atoms with E-state index in [1.54, 1.807) is 25.9 Å². The Morgan fingerprint density at radius 1 is 1.21 bits per heavy atom. The highest BCUT2D eigenvalue weighted by atomic mass is 16.2. The van der Waals surface area contributed by atoms with Gasteiger partial charge in [0, 0.05) is 56.3 Å². The molecular weight excluding hydrogens is 302 g/mol. The van der Waals surface area contributed by atoms with Crippen molar-refractivity contribution < 1.29 is 9.59 Å². The highest BCUT2D eigenvalue weighted by Gasteiger charge is 2.18. The number of aromatic amines is 1. The van der Waals surface area contributed by atoms with Gasteiger partial charge in [-0.3, -0.25) is 9.59 Å². The molecule has 2 aromatic rings. The third kappa shape index (κ3) is 2.94. The van der Waals surface area contributed by atoms with Crippen LogP contribution >= 0.6 is 0 Å². The number of benzene rings is 1. The van der Waals surface area contributed by atoms with Crippen LogP contribution in [0.5, 0.6) is 0 Å². The summed E-state index contributed by atoms with van der Waals surface area (Å²) in [4.78, 5) is 30.8. The molecule has 0 radical (unpaired) electrons. The second-order valence-electron chi connectivity index (χ2n) is 6.60. The summed E-state index contributed by atoms with van der Waals surface area (Å²) in [5.74, 6) is 0.106. The van der Waals surface area contributed by atoms with E-state index >= 15 is 0 Å². The Balaban J connectivity index is 2.00. The molecule has 24 heavy (non-hydrogen) atoms. The van der Waals surface area contributed by atoms with Gasteiger partial charge in [-0.25, -0.2) is 0 Å². The van der Waals surface area contributed by atoms with Crippen LogP contribution in [0.3, 0.4) is 0 Å². The minimum Gasteiger partial charge on any atom is -0.355 e. The molecule has 126 valence electrons. The van der Waals surface area contributed by atoms with E-state index in [-0.39, 0.29) is 11.8 Å². The molecule has 5 nitrogen and oxygen atoms in total. The van der Waals surface area contributed by atoms with Gasteiger partial charge in [-0.05, 0) is 42.7 Å². The number of amides is 2. The third-order valence-corrected chi connectivity index (χ3v) is 4.52. The smallest absolute Gasteiger partial charge is 0.253 e. The van der Waals surface area contributed by atoms with Gasteiger partial charge in [0.1, 0.15) is 0 Å². The molecule has 0 fully saturated rings. The van der Waals surface area contributed by atoms with Crippen LogP contribution in [-0.2, 0) is 4.79 Å². The molecule has 2 heterocycles. The normalized spacial score (nSPS) is 14.7. The van der Waals surface area contributed by atoms with Gasteiger partial charge in [0.25, 0.3) is 5.91 Å². The standard InChI is InChI=1S/C19H23N3O2/c1-12-8-16(19(24)21(3)4)9-15-10-17(20-18(12)15)14-6-5-7-22(11-14)13(2)23/h6,8-10,20H,5,7,11H2,1-4H3. The maximum Gasteiger partial charge on any atom is 0.253 e. The van der Waals surface area contributed by atoms with E-state index in [0.717, 1.165) is 40.7 Å². The molecule has 0 saturated carbocycles. The van der Waals surface area contributed by atoms with Crippen LogP contribution in [0.15, 0.2) is 24.3 Å². The molecule has 0 unspecified atom stereocenters. The van der Waals surface area contributed by atoms with E-state index in [1.807, 2.05) is 24.0 Å². The maximum absolute atomic E-state index is 12.2. The monoisotopic (exact) mass is 325 g/mol. The molecule has 1 aromatic carbocycles. The first-order valence-corrected chi connectivity index (χ1v) is 8.16. The summed E-state index contributed by atoms with van der Waals surface area (Å²) in [6.45, 7) is 5.02. The van der Waals surface area contributed by atoms with Gasteiger partial charge in [0.2, 0.25) is 5.91 Å². The first kappa shape index (κ1) is 16.3. The van der Waals surface area contributed by atoms with E-state index in [9.17, 15) is 9.59 Å². The Morgan fingerprint density at radius 3 is 2.62 bits per heavy atom. The van der Waals surface area contributed by atoms with Crippen LogP contribution in [0.1, 0.15) is 35.0 Å². The van der Waals surface area contributed by atoms with Crippen molar-refractivity contribution in [3.8, 4) is 0 Å². The molecule has 5 heteroatoms. The molecule has 1 aliphatic heterocycles. The van der Waals surface area contributed by atoms with Gasteiger partial charge in [0.15, 0.2) is 0 Å². The number of rotatable bonds is 2. The van der Waals surface area contributed by atoms with Crippen molar-refractivity contribution in [1.82, 2.24) is 14.8 Å².